The molecule has 5 rings (SSSR count). The zero-order chi connectivity index (χ0) is 28.7. The molecule has 0 bridgehead atoms. The highest BCUT2D eigenvalue weighted by molar-refractivity contribution is 7.92. The molecule has 40 heavy (non-hydrogen) atoms. The molecule has 0 amide bonds. The third-order valence-corrected chi connectivity index (χ3v) is 7.96. The molecule has 1 atom stereocenters. The number of halogens is 4. The molecule has 0 aliphatic carbocycles. The number of sulfonamides is 1. The van der Waals surface area contributed by atoms with Gasteiger partial charge in [-0.1, -0.05) is 11.6 Å². The van der Waals surface area contributed by atoms with E-state index in [0.717, 1.165) is 18.2 Å². The molecular weight excluding hydrogens is 575 g/mol. The van der Waals surface area contributed by atoms with Gasteiger partial charge in [0, 0.05) is 36.0 Å². The van der Waals surface area contributed by atoms with Gasteiger partial charge < -0.3 is 14.8 Å². The molecule has 1 fully saturated rings. The Kier molecular flexibility index (Phi) is 7.33. The summed E-state index contributed by atoms with van der Waals surface area (Å²) in [5.41, 5.74) is 0.552. The van der Waals surface area contributed by atoms with Crippen LogP contribution in [0, 0.1) is 5.82 Å². The van der Waals surface area contributed by atoms with Crippen molar-refractivity contribution in [2.75, 3.05) is 25.0 Å². The molecule has 3 aromatic heterocycles. The number of nitrogens with zero attached hydrogens (tertiary/aromatic N) is 3. The van der Waals surface area contributed by atoms with Gasteiger partial charge in [-0.3, -0.25) is 13.9 Å². The average Bonchev–Trinajstić information content (AvgIpc) is 3.26. The van der Waals surface area contributed by atoms with E-state index in [1.54, 1.807) is 12.1 Å². The third kappa shape index (κ3) is 5.69. The lowest BCUT2D eigenvalue weighted by atomic mass is 10.1. The quantitative estimate of drug-likeness (QED) is 0.316. The van der Waals surface area contributed by atoms with Crippen molar-refractivity contribution < 1.29 is 31.1 Å². The molecule has 4 heterocycles. The first-order chi connectivity index (χ1) is 19.0. The highest BCUT2D eigenvalue weighted by atomic mass is 35.5. The van der Waals surface area contributed by atoms with E-state index in [4.69, 9.17) is 21.1 Å². The summed E-state index contributed by atoms with van der Waals surface area (Å²) in [5, 5.41) is 2.34. The number of aromatic nitrogens is 3. The standard InChI is InChI=1S/C25H21ClF3N5O5S/c1-38-23-19(33-40(36,37)21-4-3-16(27)7-18(21)26)6-15(9-31-23)14-2-5-22-30-10-20(24(35)34(22)11-14)39-12-17-8-25(28,29)13-32-17/h2-7,9-11,17,32-33H,8,12-13H2,1H3. The summed E-state index contributed by atoms with van der Waals surface area (Å²) >= 11 is 5.94. The lowest BCUT2D eigenvalue weighted by molar-refractivity contribution is 0.0196. The van der Waals surface area contributed by atoms with Gasteiger partial charge in [0.1, 0.15) is 28.7 Å². The van der Waals surface area contributed by atoms with E-state index in [9.17, 15) is 26.4 Å². The zero-order valence-electron chi connectivity index (χ0n) is 20.7. The van der Waals surface area contributed by atoms with Crippen LogP contribution < -0.4 is 25.1 Å². The molecule has 4 aromatic rings. The third-order valence-electron chi connectivity index (χ3n) is 6.11. The minimum Gasteiger partial charge on any atom is -0.485 e. The van der Waals surface area contributed by atoms with Gasteiger partial charge in [-0.05, 0) is 36.4 Å². The van der Waals surface area contributed by atoms with Crippen molar-refractivity contribution in [3.8, 4) is 22.8 Å². The minimum atomic E-state index is -4.26. The molecule has 0 saturated carbocycles. The van der Waals surface area contributed by atoms with Crippen LogP contribution in [0.25, 0.3) is 16.8 Å². The highest BCUT2D eigenvalue weighted by Crippen LogP contribution is 2.32. The number of hydrogen-bond donors (Lipinski definition) is 2. The van der Waals surface area contributed by atoms with E-state index in [1.165, 1.54) is 36.2 Å². The second-order valence-corrected chi connectivity index (χ2v) is 11.0. The lowest BCUT2D eigenvalue weighted by Gasteiger charge is -2.14. The van der Waals surface area contributed by atoms with E-state index in [0.29, 0.717) is 16.8 Å². The molecule has 0 spiro atoms. The van der Waals surface area contributed by atoms with Gasteiger partial charge in [0.15, 0.2) is 0 Å². The highest BCUT2D eigenvalue weighted by Gasteiger charge is 2.39. The van der Waals surface area contributed by atoms with E-state index in [-0.39, 0.29) is 33.8 Å². The summed E-state index contributed by atoms with van der Waals surface area (Å²) in [6.45, 7) is -0.591. The smallest absolute Gasteiger partial charge is 0.300 e. The maximum absolute atomic E-state index is 13.4. The van der Waals surface area contributed by atoms with Crippen LogP contribution in [0.15, 0.2) is 64.7 Å². The monoisotopic (exact) mass is 595 g/mol. The summed E-state index contributed by atoms with van der Waals surface area (Å²) < 4.78 is 80.5. The van der Waals surface area contributed by atoms with Gasteiger partial charge in [0.25, 0.3) is 21.5 Å². The number of hydrogen-bond acceptors (Lipinski definition) is 8. The lowest BCUT2D eigenvalue weighted by Crippen LogP contribution is -2.30. The summed E-state index contributed by atoms with van der Waals surface area (Å²) in [7, 11) is -2.96. The van der Waals surface area contributed by atoms with E-state index in [2.05, 4.69) is 20.0 Å². The first-order valence-electron chi connectivity index (χ1n) is 11.7. The Labute approximate surface area is 230 Å². The fourth-order valence-electron chi connectivity index (χ4n) is 4.17. The van der Waals surface area contributed by atoms with Crippen molar-refractivity contribution >= 4 is 33.0 Å². The van der Waals surface area contributed by atoms with Crippen LogP contribution in [0.3, 0.4) is 0 Å². The Bertz CT molecular complexity index is 1770. The number of anilines is 1. The van der Waals surface area contributed by atoms with Crippen molar-refractivity contribution in [3.05, 3.63) is 76.2 Å². The number of methoxy groups -OCH3 is 1. The molecular formula is C25H21ClF3N5O5S. The Morgan fingerprint density at radius 1 is 1.18 bits per heavy atom. The van der Waals surface area contributed by atoms with Gasteiger partial charge in [0.05, 0.1) is 24.9 Å². The SMILES string of the molecule is COc1ncc(-c2ccc3ncc(OCC4CC(F)(F)CN4)c(=O)n3c2)cc1NS(=O)(=O)c1ccc(F)cc1Cl. The Balaban J connectivity index is 1.45. The van der Waals surface area contributed by atoms with Gasteiger partial charge in [0.2, 0.25) is 11.6 Å². The van der Waals surface area contributed by atoms with Crippen molar-refractivity contribution in [2.45, 2.75) is 23.3 Å². The number of ether oxygens (including phenoxy) is 2. The molecule has 1 saturated heterocycles. The fourth-order valence-corrected chi connectivity index (χ4v) is 5.76. The number of alkyl halides is 2. The first kappa shape index (κ1) is 27.7. The van der Waals surface area contributed by atoms with Crippen LogP contribution in [0.2, 0.25) is 5.02 Å². The zero-order valence-corrected chi connectivity index (χ0v) is 22.3. The van der Waals surface area contributed by atoms with Gasteiger partial charge >= 0.3 is 0 Å². The van der Waals surface area contributed by atoms with Crippen LogP contribution >= 0.6 is 11.6 Å². The summed E-state index contributed by atoms with van der Waals surface area (Å²) in [6, 6.07) is 6.90. The second-order valence-electron chi connectivity index (χ2n) is 8.98. The number of rotatable bonds is 8. The number of benzene rings is 1. The van der Waals surface area contributed by atoms with Crippen molar-refractivity contribution in [1.29, 1.82) is 0 Å². The van der Waals surface area contributed by atoms with Crippen molar-refractivity contribution in [1.82, 2.24) is 19.7 Å². The fraction of sp³-hybridized carbons (Fsp3) is 0.240. The molecule has 10 nitrogen and oxygen atoms in total. The molecule has 210 valence electrons. The van der Waals surface area contributed by atoms with Crippen LogP contribution in [-0.4, -0.2) is 55.0 Å². The predicted octanol–water partition coefficient (Wildman–Crippen LogP) is 3.73. The van der Waals surface area contributed by atoms with E-state index < -0.39 is 46.3 Å². The largest absolute Gasteiger partial charge is 0.485 e. The topological polar surface area (TPSA) is 124 Å². The summed E-state index contributed by atoms with van der Waals surface area (Å²) in [5.74, 6) is -3.70. The summed E-state index contributed by atoms with van der Waals surface area (Å²) in [6.07, 6.45) is 3.70. The molecule has 1 unspecified atom stereocenters. The molecule has 2 N–H and O–H groups in total. The van der Waals surface area contributed by atoms with Crippen molar-refractivity contribution in [3.63, 3.8) is 0 Å². The van der Waals surface area contributed by atoms with Crippen LogP contribution in [0.5, 0.6) is 11.6 Å². The van der Waals surface area contributed by atoms with Crippen molar-refractivity contribution in [2.24, 2.45) is 0 Å². The van der Waals surface area contributed by atoms with E-state index in [1.807, 2.05) is 0 Å². The van der Waals surface area contributed by atoms with Gasteiger partial charge in [-0.15, -0.1) is 0 Å². The van der Waals surface area contributed by atoms with Crippen LogP contribution in [-0.2, 0) is 10.0 Å². The normalized spacial score (nSPS) is 16.7. The molecule has 1 aromatic carbocycles. The Morgan fingerprint density at radius 3 is 2.67 bits per heavy atom. The Morgan fingerprint density at radius 2 is 1.98 bits per heavy atom. The Hall–Kier alpha value is -3.88. The molecule has 0 radical (unpaired) electrons. The maximum Gasteiger partial charge on any atom is 0.300 e. The van der Waals surface area contributed by atoms with Crippen LogP contribution in [0.4, 0.5) is 18.9 Å². The first-order valence-corrected chi connectivity index (χ1v) is 13.6. The van der Waals surface area contributed by atoms with Gasteiger partial charge in [-0.2, -0.15) is 0 Å². The average molecular weight is 596 g/mol. The van der Waals surface area contributed by atoms with E-state index >= 15 is 0 Å². The minimum absolute atomic E-state index is 0.0380. The summed E-state index contributed by atoms with van der Waals surface area (Å²) in [4.78, 5) is 21.1. The maximum atomic E-state index is 13.4. The number of pyridine rings is 2. The molecule has 1 aliphatic rings. The van der Waals surface area contributed by atoms with Gasteiger partial charge in [-0.25, -0.2) is 31.6 Å². The predicted molar refractivity (Wildman–Crippen MR) is 140 cm³/mol. The molecule has 15 heteroatoms. The van der Waals surface area contributed by atoms with Crippen LogP contribution in [0.1, 0.15) is 6.42 Å². The number of nitrogens with one attached hydrogen (secondary N) is 2. The number of fused-ring (bicyclic) bond motifs is 1. The molecule has 1 aliphatic heterocycles. The second kappa shape index (κ2) is 10.6.